The van der Waals surface area contributed by atoms with Gasteiger partial charge in [0.05, 0.1) is 0 Å². The first kappa shape index (κ1) is 13.5. The summed E-state index contributed by atoms with van der Waals surface area (Å²) < 4.78 is 0.453. The Morgan fingerprint density at radius 3 is 2.39 bits per heavy atom. The number of hydrogen-bond acceptors (Lipinski definition) is 5. The monoisotopic (exact) mass is 266 g/mol. The first-order valence-electron chi connectivity index (χ1n) is 6.61. The predicted octanol–water partition coefficient (Wildman–Crippen LogP) is 2.78. The molecule has 0 spiro atoms. The molecule has 1 aromatic heterocycles. The van der Waals surface area contributed by atoms with Gasteiger partial charge in [0.15, 0.2) is 0 Å². The summed E-state index contributed by atoms with van der Waals surface area (Å²) in [5, 5.41) is 6.80. The van der Waals surface area contributed by atoms with Crippen LogP contribution in [0.15, 0.2) is 6.33 Å². The lowest BCUT2D eigenvalue weighted by molar-refractivity contribution is 0.924. The molecule has 1 aliphatic carbocycles. The lowest BCUT2D eigenvalue weighted by atomic mass is 10.2. The minimum Gasteiger partial charge on any atom is -0.370 e. The smallest absolute Gasteiger partial charge is 0.134 e. The van der Waals surface area contributed by atoms with E-state index in [0.717, 1.165) is 31.1 Å². The van der Waals surface area contributed by atoms with Crippen LogP contribution in [-0.4, -0.2) is 34.1 Å². The van der Waals surface area contributed by atoms with Crippen LogP contribution in [0.2, 0.25) is 0 Å². The zero-order valence-electron chi connectivity index (χ0n) is 11.4. The van der Waals surface area contributed by atoms with E-state index >= 15 is 0 Å². The van der Waals surface area contributed by atoms with Crippen molar-refractivity contribution in [1.29, 1.82) is 0 Å². The Morgan fingerprint density at radius 1 is 1.22 bits per heavy atom. The van der Waals surface area contributed by atoms with E-state index in [1.165, 1.54) is 18.4 Å². The van der Waals surface area contributed by atoms with E-state index in [9.17, 15) is 0 Å². The highest BCUT2D eigenvalue weighted by Gasteiger charge is 2.41. The van der Waals surface area contributed by atoms with Crippen LogP contribution in [0.25, 0.3) is 0 Å². The first-order valence-corrected chi connectivity index (χ1v) is 7.84. The maximum atomic E-state index is 4.39. The van der Waals surface area contributed by atoms with Crippen molar-refractivity contribution in [2.24, 2.45) is 0 Å². The van der Waals surface area contributed by atoms with Crippen molar-refractivity contribution in [2.75, 3.05) is 30.0 Å². The number of anilines is 2. The van der Waals surface area contributed by atoms with Crippen LogP contribution >= 0.6 is 11.8 Å². The average molecular weight is 266 g/mol. The zero-order valence-corrected chi connectivity index (χ0v) is 12.2. The molecule has 0 aromatic carbocycles. The number of nitrogens with zero attached hydrogens (tertiary/aromatic N) is 2. The molecule has 0 aliphatic heterocycles. The highest BCUT2D eigenvalue weighted by Crippen LogP contribution is 2.47. The number of aromatic nitrogens is 2. The molecule has 2 rings (SSSR count). The third-order valence-electron chi connectivity index (χ3n) is 3.46. The number of rotatable bonds is 7. The van der Waals surface area contributed by atoms with E-state index in [2.05, 4.69) is 40.7 Å². The highest BCUT2D eigenvalue weighted by atomic mass is 32.2. The largest absolute Gasteiger partial charge is 0.370 e. The van der Waals surface area contributed by atoms with Gasteiger partial charge >= 0.3 is 0 Å². The first-order chi connectivity index (χ1) is 8.74. The Morgan fingerprint density at radius 2 is 1.89 bits per heavy atom. The topological polar surface area (TPSA) is 49.8 Å². The van der Waals surface area contributed by atoms with Crippen LogP contribution in [0.3, 0.4) is 0 Å². The van der Waals surface area contributed by atoms with Crippen molar-refractivity contribution in [1.82, 2.24) is 9.97 Å². The quantitative estimate of drug-likeness (QED) is 0.795. The molecular formula is C13H22N4S. The Hall–Kier alpha value is -0.970. The minimum atomic E-state index is 0.453. The lowest BCUT2D eigenvalue weighted by Gasteiger charge is -2.17. The molecule has 1 aliphatic rings. The van der Waals surface area contributed by atoms with Gasteiger partial charge in [0.1, 0.15) is 18.0 Å². The molecule has 4 nitrogen and oxygen atoms in total. The summed E-state index contributed by atoms with van der Waals surface area (Å²) in [6.45, 7) is 6.12. The lowest BCUT2D eigenvalue weighted by Crippen LogP contribution is -2.19. The summed E-state index contributed by atoms with van der Waals surface area (Å²) >= 11 is 1.96. The standard InChI is InChI=1S/C13H22N4S/c1-4-10-11(14-5-2)16-9-17-12(10)15-8-13(18-3)6-7-13/h9H,4-8H2,1-3H3,(H2,14,15,16,17). The fourth-order valence-electron chi connectivity index (χ4n) is 2.06. The Balaban J connectivity index is 2.09. The molecule has 0 unspecified atom stereocenters. The van der Waals surface area contributed by atoms with Crippen molar-refractivity contribution in [3.8, 4) is 0 Å². The zero-order chi connectivity index (χ0) is 13.0. The van der Waals surface area contributed by atoms with Crippen LogP contribution < -0.4 is 10.6 Å². The third-order valence-corrected chi connectivity index (χ3v) is 4.88. The fourth-order valence-corrected chi connectivity index (χ4v) is 2.78. The van der Waals surface area contributed by atoms with Crippen molar-refractivity contribution < 1.29 is 0 Å². The van der Waals surface area contributed by atoms with Crippen LogP contribution in [0, 0.1) is 0 Å². The predicted molar refractivity (Wildman–Crippen MR) is 79.5 cm³/mol. The summed E-state index contributed by atoms with van der Waals surface area (Å²) in [6.07, 6.45) is 7.40. The summed E-state index contributed by atoms with van der Waals surface area (Å²) in [7, 11) is 0. The molecule has 0 amide bonds. The number of thioether (sulfide) groups is 1. The van der Waals surface area contributed by atoms with Crippen molar-refractivity contribution in [3.05, 3.63) is 11.9 Å². The molecule has 1 aromatic rings. The van der Waals surface area contributed by atoms with Gasteiger partial charge in [0, 0.05) is 23.4 Å². The Labute approximate surface area is 113 Å². The van der Waals surface area contributed by atoms with Gasteiger partial charge in [0.25, 0.3) is 0 Å². The average Bonchev–Trinajstić information content (AvgIpc) is 3.17. The molecule has 2 N–H and O–H groups in total. The molecule has 0 radical (unpaired) electrons. The molecule has 5 heteroatoms. The van der Waals surface area contributed by atoms with Crippen LogP contribution in [0.1, 0.15) is 32.3 Å². The van der Waals surface area contributed by atoms with E-state index in [1.807, 2.05) is 11.8 Å². The minimum absolute atomic E-state index is 0.453. The normalized spacial score (nSPS) is 16.4. The van der Waals surface area contributed by atoms with E-state index in [0.29, 0.717) is 4.75 Å². The Bertz CT molecular complexity index is 404. The van der Waals surface area contributed by atoms with Gasteiger partial charge in [-0.15, -0.1) is 0 Å². The van der Waals surface area contributed by atoms with E-state index in [-0.39, 0.29) is 0 Å². The second-order valence-corrected chi connectivity index (χ2v) is 5.95. The van der Waals surface area contributed by atoms with Crippen LogP contribution in [0.4, 0.5) is 11.6 Å². The van der Waals surface area contributed by atoms with Gasteiger partial charge in [-0.2, -0.15) is 11.8 Å². The van der Waals surface area contributed by atoms with Gasteiger partial charge < -0.3 is 10.6 Å². The van der Waals surface area contributed by atoms with Crippen molar-refractivity contribution >= 4 is 23.4 Å². The maximum absolute atomic E-state index is 4.39. The maximum Gasteiger partial charge on any atom is 0.134 e. The fraction of sp³-hybridized carbons (Fsp3) is 0.692. The molecule has 0 atom stereocenters. The molecule has 1 heterocycles. The third kappa shape index (κ3) is 2.88. The van der Waals surface area contributed by atoms with Gasteiger partial charge in [-0.05, 0) is 32.4 Å². The summed E-state index contributed by atoms with van der Waals surface area (Å²) in [4.78, 5) is 8.70. The second-order valence-electron chi connectivity index (χ2n) is 4.67. The number of nitrogens with one attached hydrogen (secondary N) is 2. The SMILES string of the molecule is CCNc1ncnc(NCC2(SC)CC2)c1CC. The Kier molecular flexibility index (Phi) is 4.32. The van der Waals surface area contributed by atoms with Gasteiger partial charge in [-0.3, -0.25) is 0 Å². The van der Waals surface area contributed by atoms with Crippen LogP contribution in [-0.2, 0) is 6.42 Å². The van der Waals surface area contributed by atoms with Crippen LogP contribution in [0.5, 0.6) is 0 Å². The second kappa shape index (κ2) is 5.78. The molecule has 100 valence electrons. The molecule has 1 saturated carbocycles. The molecular weight excluding hydrogens is 244 g/mol. The molecule has 18 heavy (non-hydrogen) atoms. The van der Waals surface area contributed by atoms with E-state index in [4.69, 9.17) is 0 Å². The van der Waals surface area contributed by atoms with Crippen molar-refractivity contribution in [2.45, 2.75) is 37.9 Å². The molecule has 0 saturated heterocycles. The van der Waals surface area contributed by atoms with E-state index in [1.54, 1.807) is 6.33 Å². The summed E-state index contributed by atoms with van der Waals surface area (Å²) in [5.74, 6) is 1.95. The number of hydrogen-bond donors (Lipinski definition) is 2. The van der Waals surface area contributed by atoms with Gasteiger partial charge in [0.2, 0.25) is 0 Å². The van der Waals surface area contributed by atoms with E-state index < -0.39 is 0 Å². The molecule has 0 bridgehead atoms. The van der Waals surface area contributed by atoms with Crippen molar-refractivity contribution in [3.63, 3.8) is 0 Å². The highest BCUT2D eigenvalue weighted by molar-refractivity contribution is 8.00. The summed E-state index contributed by atoms with van der Waals surface area (Å²) in [5.41, 5.74) is 1.19. The van der Waals surface area contributed by atoms with Gasteiger partial charge in [-0.1, -0.05) is 6.92 Å². The molecule has 1 fully saturated rings. The summed E-state index contributed by atoms with van der Waals surface area (Å²) in [6, 6.07) is 0. The van der Waals surface area contributed by atoms with Gasteiger partial charge in [-0.25, -0.2) is 9.97 Å².